The van der Waals surface area contributed by atoms with Crippen LogP contribution in [0, 0.1) is 5.82 Å². The normalized spacial score (nSPS) is 12.0. The minimum Gasteiger partial charge on any atom is -0.497 e. The number of methoxy groups -OCH3 is 2. The van der Waals surface area contributed by atoms with Crippen molar-refractivity contribution in [1.29, 1.82) is 0 Å². The Morgan fingerprint density at radius 3 is 2.52 bits per heavy atom. The van der Waals surface area contributed by atoms with Crippen molar-refractivity contribution in [1.82, 2.24) is 0 Å². The third kappa shape index (κ3) is 3.65. The van der Waals surface area contributed by atoms with Gasteiger partial charge in [0.25, 0.3) is 0 Å². The molecule has 0 aliphatic rings. The molecule has 2 aromatic carbocycles. The van der Waals surface area contributed by atoms with Gasteiger partial charge in [-0.1, -0.05) is 23.7 Å². The minimum atomic E-state index is -0.442. The first-order chi connectivity index (χ1) is 10.0. The van der Waals surface area contributed by atoms with E-state index >= 15 is 0 Å². The van der Waals surface area contributed by atoms with Crippen LogP contribution in [0.1, 0.15) is 17.2 Å². The molecule has 2 rings (SSSR count). The minimum absolute atomic E-state index is 0.106. The lowest BCUT2D eigenvalue weighted by atomic mass is 9.98. The molecule has 2 N–H and O–H groups in total. The molecule has 0 saturated carbocycles. The van der Waals surface area contributed by atoms with Crippen LogP contribution in [0.15, 0.2) is 36.4 Å². The van der Waals surface area contributed by atoms with Gasteiger partial charge in [-0.05, 0) is 30.2 Å². The Labute approximate surface area is 128 Å². The van der Waals surface area contributed by atoms with Gasteiger partial charge in [-0.15, -0.1) is 0 Å². The first kappa shape index (κ1) is 15.6. The maximum atomic E-state index is 13.5. The molecule has 0 bridgehead atoms. The van der Waals surface area contributed by atoms with Crippen LogP contribution in [0.4, 0.5) is 4.39 Å². The van der Waals surface area contributed by atoms with Crippen LogP contribution in [0.5, 0.6) is 11.5 Å². The number of ether oxygens (including phenoxy) is 2. The second kappa shape index (κ2) is 6.78. The molecule has 1 atom stereocenters. The maximum Gasteiger partial charge on any atom is 0.142 e. The molecule has 0 fully saturated rings. The quantitative estimate of drug-likeness (QED) is 0.915. The summed E-state index contributed by atoms with van der Waals surface area (Å²) in [6.07, 6.45) is 0.483. The van der Waals surface area contributed by atoms with Crippen molar-refractivity contribution in [2.75, 3.05) is 14.2 Å². The van der Waals surface area contributed by atoms with Crippen molar-refractivity contribution >= 4 is 11.6 Å². The van der Waals surface area contributed by atoms with Gasteiger partial charge in [0.2, 0.25) is 0 Å². The largest absolute Gasteiger partial charge is 0.497 e. The molecule has 0 spiro atoms. The number of rotatable bonds is 5. The highest BCUT2D eigenvalue weighted by Gasteiger charge is 2.14. The topological polar surface area (TPSA) is 44.5 Å². The molecule has 21 heavy (non-hydrogen) atoms. The number of hydrogen-bond acceptors (Lipinski definition) is 3. The summed E-state index contributed by atoms with van der Waals surface area (Å²) < 4.78 is 24.0. The van der Waals surface area contributed by atoms with Gasteiger partial charge < -0.3 is 15.2 Å². The van der Waals surface area contributed by atoms with Crippen molar-refractivity contribution in [3.63, 3.8) is 0 Å². The number of halogens is 2. The Morgan fingerprint density at radius 1 is 1.14 bits per heavy atom. The summed E-state index contributed by atoms with van der Waals surface area (Å²) >= 11 is 5.68. The molecular weight excluding hydrogens is 293 g/mol. The summed E-state index contributed by atoms with van der Waals surface area (Å²) in [6, 6.07) is 9.84. The van der Waals surface area contributed by atoms with E-state index in [9.17, 15) is 4.39 Å². The Hall–Kier alpha value is -1.78. The molecule has 0 amide bonds. The van der Waals surface area contributed by atoms with E-state index in [0.717, 1.165) is 11.1 Å². The third-order valence-electron chi connectivity index (χ3n) is 3.28. The number of nitrogens with two attached hydrogens (primary N) is 1. The van der Waals surface area contributed by atoms with Gasteiger partial charge in [-0.25, -0.2) is 4.39 Å². The van der Waals surface area contributed by atoms with Gasteiger partial charge in [0.15, 0.2) is 0 Å². The molecule has 0 heterocycles. The van der Waals surface area contributed by atoms with Crippen molar-refractivity contribution in [3.8, 4) is 11.5 Å². The van der Waals surface area contributed by atoms with Crippen LogP contribution >= 0.6 is 11.6 Å². The van der Waals surface area contributed by atoms with Crippen molar-refractivity contribution in [2.24, 2.45) is 5.73 Å². The van der Waals surface area contributed by atoms with E-state index in [4.69, 9.17) is 26.8 Å². The monoisotopic (exact) mass is 309 g/mol. The second-order valence-corrected chi connectivity index (χ2v) is 5.07. The van der Waals surface area contributed by atoms with Gasteiger partial charge in [0.1, 0.15) is 17.3 Å². The van der Waals surface area contributed by atoms with Crippen molar-refractivity contribution < 1.29 is 13.9 Å². The van der Waals surface area contributed by atoms with E-state index in [2.05, 4.69) is 0 Å². The molecule has 0 radical (unpaired) electrons. The van der Waals surface area contributed by atoms with Crippen LogP contribution in [0.3, 0.4) is 0 Å². The number of hydrogen-bond donors (Lipinski definition) is 1. The van der Waals surface area contributed by atoms with Crippen molar-refractivity contribution in [3.05, 3.63) is 58.4 Å². The van der Waals surface area contributed by atoms with E-state index in [-0.39, 0.29) is 11.1 Å². The molecule has 0 aliphatic carbocycles. The lowest BCUT2D eigenvalue weighted by molar-refractivity contribution is 0.388. The van der Waals surface area contributed by atoms with Gasteiger partial charge in [0.05, 0.1) is 19.2 Å². The molecule has 112 valence electrons. The molecule has 1 unspecified atom stereocenters. The molecule has 2 aromatic rings. The lowest BCUT2D eigenvalue weighted by Crippen LogP contribution is -2.14. The highest BCUT2D eigenvalue weighted by Crippen LogP contribution is 2.30. The molecule has 5 heteroatoms. The Kier molecular flexibility index (Phi) is 5.04. The molecule has 3 nitrogen and oxygen atoms in total. The predicted molar refractivity (Wildman–Crippen MR) is 81.6 cm³/mol. The van der Waals surface area contributed by atoms with Crippen LogP contribution in [-0.2, 0) is 6.42 Å². The zero-order valence-electron chi connectivity index (χ0n) is 11.9. The summed E-state index contributed by atoms with van der Waals surface area (Å²) in [6.45, 7) is 0. The molecule has 0 aliphatic heterocycles. The highest BCUT2D eigenvalue weighted by atomic mass is 35.5. The van der Waals surface area contributed by atoms with E-state index in [1.807, 2.05) is 12.1 Å². The summed E-state index contributed by atoms with van der Waals surface area (Å²) in [5.41, 5.74) is 7.83. The van der Waals surface area contributed by atoms with Crippen molar-refractivity contribution in [2.45, 2.75) is 12.5 Å². The third-order valence-corrected chi connectivity index (χ3v) is 3.59. The summed E-state index contributed by atoms with van der Waals surface area (Å²) in [7, 11) is 3.16. The molecular formula is C16H17ClFNO2. The fourth-order valence-electron chi connectivity index (χ4n) is 2.16. The fraction of sp³-hybridized carbons (Fsp3) is 0.250. The lowest BCUT2D eigenvalue weighted by Gasteiger charge is -2.17. The van der Waals surface area contributed by atoms with Crippen LogP contribution in [-0.4, -0.2) is 14.2 Å². The molecule has 0 aromatic heterocycles. The summed E-state index contributed by atoms with van der Waals surface area (Å²) in [4.78, 5) is 0. The van der Waals surface area contributed by atoms with Crippen LogP contribution in [0.2, 0.25) is 5.02 Å². The summed E-state index contributed by atoms with van der Waals surface area (Å²) in [5, 5.41) is 0.106. The predicted octanol–water partition coefficient (Wildman–Crippen LogP) is 3.74. The molecule has 0 saturated heterocycles. The summed E-state index contributed by atoms with van der Waals surface area (Å²) in [5.74, 6) is 0.902. The average Bonchev–Trinajstić information content (AvgIpc) is 2.50. The van der Waals surface area contributed by atoms with Crippen LogP contribution in [0.25, 0.3) is 0 Å². The smallest absolute Gasteiger partial charge is 0.142 e. The Bertz CT molecular complexity index is 634. The maximum absolute atomic E-state index is 13.5. The van der Waals surface area contributed by atoms with E-state index in [0.29, 0.717) is 17.9 Å². The Morgan fingerprint density at radius 2 is 1.90 bits per heavy atom. The average molecular weight is 310 g/mol. The highest BCUT2D eigenvalue weighted by molar-refractivity contribution is 6.30. The second-order valence-electron chi connectivity index (χ2n) is 4.67. The van der Waals surface area contributed by atoms with E-state index in [1.165, 1.54) is 12.1 Å². The zero-order chi connectivity index (χ0) is 15.4. The number of benzene rings is 2. The first-order valence-electron chi connectivity index (χ1n) is 6.46. The van der Waals surface area contributed by atoms with Crippen LogP contribution < -0.4 is 15.2 Å². The first-order valence-corrected chi connectivity index (χ1v) is 6.84. The fourth-order valence-corrected chi connectivity index (χ4v) is 2.27. The van der Waals surface area contributed by atoms with Gasteiger partial charge in [-0.3, -0.25) is 0 Å². The zero-order valence-corrected chi connectivity index (χ0v) is 12.7. The van der Waals surface area contributed by atoms with Gasteiger partial charge >= 0.3 is 0 Å². The van der Waals surface area contributed by atoms with Gasteiger partial charge in [-0.2, -0.15) is 0 Å². The van der Waals surface area contributed by atoms with Gasteiger partial charge in [0, 0.05) is 17.7 Å². The SMILES string of the molecule is COc1ccc(C(N)Cc2ccc(Cl)c(F)c2)c(OC)c1. The van der Waals surface area contributed by atoms with E-state index in [1.54, 1.807) is 26.4 Å². The Balaban J connectivity index is 2.23. The van der Waals surface area contributed by atoms with E-state index < -0.39 is 5.82 Å². The standard InChI is InChI=1S/C16H17ClFNO2/c1-20-11-4-5-12(16(9-11)21-2)15(19)8-10-3-6-13(17)14(18)7-10/h3-7,9,15H,8,19H2,1-2H3.